The minimum absolute atomic E-state index is 0.00465. The Balaban J connectivity index is 1.96. The van der Waals surface area contributed by atoms with E-state index in [1.807, 2.05) is 37.3 Å². The normalized spacial score (nSPS) is 12.2. The van der Waals surface area contributed by atoms with Crippen molar-refractivity contribution < 1.29 is 13.6 Å². The zero-order chi connectivity index (χ0) is 16.1. The van der Waals surface area contributed by atoms with Crippen molar-refractivity contribution in [1.82, 2.24) is 19.8 Å². The fourth-order valence-corrected chi connectivity index (χ4v) is 2.05. The number of carbonyl (C=O) groups is 1. The number of hydrogen-bond acceptors (Lipinski definition) is 2. The summed E-state index contributed by atoms with van der Waals surface area (Å²) in [5.41, 5.74) is 0.971. The number of halogens is 2. The van der Waals surface area contributed by atoms with E-state index in [4.69, 9.17) is 0 Å². The van der Waals surface area contributed by atoms with E-state index in [2.05, 4.69) is 10.3 Å². The molecule has 0 aliphatic heterocycles. The fourth-order valence-electron chi connectivity index (χ4n) is 2.05. The molecular weight excluding hydrogens is 290 g/mol. The van der Waals surface area contributed by atoms with Crippen LogP contribution in [-0.2, 0) is 6.54 Å². The number of hydrogen-bond donors (Lipinski definition) is 1. The molecule has 0 radical (unpaired) electrons. The third-order valence-corrected chi connectivity index (χ3v) is 3.32. The van der Waals surface area contributed by atoms with Crippen LogP contribution in [0.2, 0.25) is 0 Å². The van der Waals surface area contributed by atoms with E-state index >= 15 is 0 Å². The molecule has 2 rings (SSSR count). The van der Waals surface area contributed by atoms with Crippen LogP contribution >= 0.6 is 0 Å². The number of nitrogens with one attached hydrogen (secondary N) is 1. The summed E-state index contributed by atoms with van der Waals surface area (Å²) in [5.74, 6) is 0.139. The molecule has 0 spiro atoms. The van der Waals surface area contributed by atoms with Crippen LogP contribution < -0.4 is 5.32 Å². The summed E-state index contributed by atoms with van der Waals surface area (Å²) in [6, 6.07) is 8.98. The Kier molecular flexibility index (Phi) is 5.08. The molecule has 5 nitrogen and oxygen atoms in total. The van der Waals surface area contributed by atoms with Crippen LogP contribution in [0.5, 0.6) is 0 Å². The highest BCUT2D eigenvalue weighted by Crippen LogP contribution is 2.15. The van der Waals surface area contributed by atoms with Gasteiger partial charge in [0.1, 0.15) is 5.82 Å². The zero-order valence-corrected chi connectivity index (χ0v) is 12.4. The summed E-state index contributed by atoms with van der Waals surface area (Å²) >= 11 is 0. The lowest BCUT2D eigenvalue weighted by atomic mass is 10.1. The van der Waals surface area contributed by atoms with E-state index in [0.717, 1.165) is 10.1 Å². The molecule has 0 aliphatic carbocycles. The zero-order valence-electron chi connectivity index (χ0n) is 12.4. The highest BCUT2D eigenvalue weighted by Gasteiger charge is 2.17. The number of urea groups is 1. The first kappa shape index (κ1) is 15.9. The van der Waals surface area contributed by atoms with Crippen LogP contribution in [0.3, 0.4) is 0 Å². The van der Waals surface area contributed by atoms with Crippen molar-refractivity contribution >= 4 is 6.03 Å². The molecule has 0 fully saturated rings. The number of aromatic nitrogens is 2. The van der Waals surface area contributed by atoms with Crippen molar-refractivity contribution in [3.05, 3.63) is 54.1 Å². The van der Waals surface area contributed by atoms with Crippen molar-refractivity contribution in [2.24, 2.45) is 0 Å². The molecule has 2 amide bonds. The van der Waals surface area contributed by atoms with Crippen LogP contribution in [-0.4, -0.2) is 27.5 Å². The minimum atomic E-state index is -2.67. The number of rotatable bonds is 5. The smallest absolute Gasteiger partial charge is 0.319 e. The Bertz CT molecular complexity index is 615. The van der Waals surface area contributed by atoms with E-state index in [1.54, 1.807) is 0 Å². The van der Waals surface area contributed by atoms with E-state index in [9.17, 15) is 13.6 Å². The molecule has 7 heteroatoms. The minimum Gasteiger partial charge on any atom is -0.331 e. The summed E-state index contributed by atoms with van der Waals surface area (Å²) in [6.45, 7) is -0.802. The van der Waals surface area contributed by atoms with Gasteiger partial charge in [-0.1, -0.05) is 30.3 Å². The summed E-state index contributed by atoms with van der Waals surface area (Å²) < 4.78 is 26.2. The van der Waals surface area contributed by atoms with Gasteiger partial charge < -0.3 is 10.2 Å². The Hall–Kier alpha value is -2.44. The molecule has 118 valence electrons. The number of alkyl halides is 2. The number of nitrogens with zero attached hydrogens (tertiary/aromatic N) is 3. The quantitative estimate of drug-likeness (QED) is 0.922. The van der Waals surface area contributed by atoms with Gasteiger partial charge >= 0.3 is 12.6 Å². The third kappa shape index (κ3) is 3.81. The number of imidazole rings is 1. The van der Waals surface area contributed by atoms with E-state index in [-0.39, 0.29) is 24.4 Å². The van der Waals surface area contributed by atoms with Crippen LogP contribution in [0, 0.1) is 0 Å². The maximum Gasteiger partial charge on any atom is 0.319 e. The number of benzene rings is 1. The molecule has 0 bridgehead atoms. The second-order valence-electron chi connectivity index (χ2n) is 4.97. The lowest BCUT2D eigenvalue weighted by Gasteiger charge is -2.21. The molecule has 0 saturated heterocycles. The van der Waals surface area contributed by atoms with Crippen molar-refractivity contribution in [3.63, 3.8) is 0 Å². The van der Waals surface area contributed by atoms with Gasteiger partial charge in [-0.25, -0.2) is 9.78 Å². The molecule has 1 aromatic carbocycles. The van der Waals surface area contributed by atoms with Crippen molar-refractivity contribution in [1.29, 1.82) is 0 Å². The first-order valence-electron chi connectivity index (χ1n) is 6.85. The predicted molar refractivity (Wildman–Crippen MR) is 78.3 cm³/mol. The molecule has 1 unspecified atom stereocenters. The van der Waals surface area contributed by atoms with Gasteiger partial charge in [-0.05, 0) is 12.5 Å². The molecule has 2 aromatic rings. The van der Waals surface area contributed by atoms with Crippen molar-refractivity contribution in [2.45, 2.75) is 26.1 Å². The Morgan fingerprint density at radius 2 is 2.05 bits per heavy atom. The monoisotopic (exact) mass is 308 g/mol. The largest absolute Gasteiger partial charge is 0.331 e. The highest BCUT2D eigenvalue weighted by atomic mass is 19.3. The van der Waals surface area contributed by atoms with Gasteiger partial charge in [0.2, 0.25) is 0 Å². The predicted octanol–water partition coefficient (Wildman–Crippen LogP) is 3.18. The van der Waals surface area contributed by atoms with Gasteiger partial charge in [0, 0.05) is 19.4 Å². The maximum absolute atomic E-state index is 12.7. The van der Waals surface area contributed by atoms with Crippen LogP contribution in [0.1, 0.15) is 30.9 Å². The molecule has 0 saturated carbocycles. The average molecular weight is 308 g/mol. The van der Waals surface area contributed by atoms with Crippen LogP contribution in [0.15, 0.2) is 42.7 Å². The molecule has 1 aromatic heterocycles. The first-order chi connectivity index (χ1) is 10.5. The summed E-state index contributed by atoms with van der Waals surface area (Å²) in [5, 5.41) is 2.82. The SMILES string of the molecule is CC(NC(=O)N(C)Cc1nccn1C(F)F)c1ccccc1. The van der Waals surface area contributed by atoms with Gasteiger partial charge in [0.15, 0.2) is 0 Å². The fraction of sp³-hybridized carbons (Fsp3) is 0.333. The van der Waals surface area contributed by atoms with Crippen LogP contribution in [0.25, 0.3) is 0 Å². The Labute approximate surface area is 127 Å². The number of carbonyl (C=O) groups excluding carboxylic acids is 1. The summed E-state index contributed by atoms with van der Waals surface area (Å²) in [6.07, 6.45) is 2.48. The van der Waals surface area contributed by atoms with Gasteiger partial charge in [-0.3, -0.25) is 4.57 Å². The number of amides is 2. The highest BCUT2D eigenvalue weighted by molar-refractivity contribution is 5.74. The van der Waals surface area contributed by atoms with Gasteiger partial charge in [-0.2, -0.15) is 8.78 Å². The lowest BCUT2D eigenvalue weighted by Crippen LogP contribution is -2.38. The van der Waals surface area contributed by atoms with E-state index < -0.39 is 6.55 Å². The molecule has 1 heterocycles. The van der Waals surface area contributed by atoms with E-state index in [1.165, 1.54) is 24.3 Å². The van der Waals surface area contributed by atoms with Crippen molar-refractivity contribution in [2.75, 3.05) is 7.05 Å². The Morgan fingerprint density at radius 3 is 2.68 bits per heavy atom. The van der Waals surface area contributed by atoms with E-state index in [0.29, 0.717) is 0 Å². The summed E-state index contributed by atoms with van der Waals surface area (Å²) in [4.78, 5) is 17.3. The molecular formula is C15H18F2N4O. The molecule has 1 atom stereocenters. The standard InChI is InChI=1S/C15H18F2N4O/c1-11(12-6-4-3-5-7-12)19-15(22)20(2)10-13-18-8-9-21(13)14(16)17/h3-9,11,14H,10H2,1-2H3,(H,19,22). The second kappa shape index (κ2) is 7.02. The van der Waals surface area contributed by atoms with Gasteiger partial charge in [0.25, 0.3) is 0 Å². The lowest BCUT2D eigenvalue weighted by molar-refractivity contribution is 0.0650. The molecule has 0 aliphatic rings. The van der Waals surface area contributed by atoms with Gasteiger partial charge in [-0.15, -0.1) is 0 Å². The summed E-state index contributed by atoms with van der Waals surface area (Å²) in [7, 11) is 1.54. The van der Waals surface area contributed by atoms with Crippen LogP contribution in [0.4, 0.5) is 13.6 Å². The third-order valence-electron chi connectivity index (χ3n) is 3.32. The average Bonchev–Trinajstić information content (AvgIpc) is 2.96. The Morgan fingerprint density at radius 1 is 1.36 bits per heavy atom. The maximum atomic E-state index is 12.7. The van der Waals surface area contributed by atoms with Crippen molar-refractivity contribution in [3.8, 4) is 0 Å². The molecule has 1 N–H and O–H groups in total. The second-order valence-corrected chi connectivity index (χ2v) is 4.97. The van der Waals surface area contributed by atoms with Gasteiger partial charge in [0.05, 0.1) is 12.6 Å². The topological polar surface area (TPSA) is 50.2 Å². The first-order valence-corrected chi connectivity index (χ1v) is 6.85. The molecule has 22 heavy (non-hydrogen) atoms.